The summed E-state index contributed by atoms with van der Waals surface area (Å²) in [6.45, 7) is 1.34. The molecule has 2 aliphatic heterocycles. The number of amides is 3. The molecule has 5 rings (SSSR count). The lowest BCUT2D eigenvalue weighted by atomic mass is 9.82. The van der Waals surface area contributed by atoms with Gasteiger partial charge < -0.3 is 15.4 Å². The number of nitrogens with zero attached hydrogens (tertiary/aromatic N) is 2. The Morgan fingerprint density at radius 1 is 1.05 bits per heavy atom. The lowest BCUT2D eigenvalue weighted by Gasteiger charge is -2.22. The van der Waals surface area contributed by atoms with Crippen LogP contribution in [-0.2, 0) is 4.74 Å². The van der Waals surface area contributed by atoms with Crippen LogP contribution in [0.25, 0.3) is 0 Å². The average molecular weight is 515 g/mol. The molecule has 3 aliphatic rings. The van der Waals surface area contributed by atoms with E-state index in [0.29, 0.717) is 23.6 Å². The van der Waals surface area contributed by atoms with Crippen molar-refractivity contribution in [3.8, 4) is 6.07 Å². The number of hydrogen-bond donors (Lipinski definition) is 2. The fourth-order valence-electron chi connectivity index (χ4n) is 5.03. The monoisotopic (exact) mass is 514 g/mol. The second kappa shape index (κ2) is 12.1. The lowest BCUT2D eigenvalue weighted by molar-refractivity contribution is 0.157. The van der Waals surface area contributed by atoms with Crippen molar-refractivity contribution in [2.75, 3.05) is 19.7 Å². The van der Waals surface area contributed by atoms with Gasteiger partial charge in [-0.3, -0.25) is 0 Å². The summed E-state index contributed by atoms with van der Waals surface area (Å²) in [5.74, 6) is -1.86. The molecular weight excluding hydrogens is 485 g/mol. The van der Waals surface area contributed by atoms with Crippen LogP contribution in [0.2, 0.25) is 0 Å². The average Bonchev–Trinajstić information content (AvgIpc) is 3.56. The molecule has 196 valence electrons. The van der Waals surface area contributed by atoms with E-state index in [9.17, 15) is 22.8 Å². The van der Waals surface area contributed by atoms with Crippen molar-refractivity contribution in [2.24, 2.45) is 0 Å². The van der Waals surface area contributed by atoms with Gasteiger partial charge in [0.05, 0.1) is 11.6 Å². The Morgan fingerprint density at radius 3 is 2.51 bits per heavy atom. The van der Waals surface area contributed by atoms with Crippen LogP contribution < -0.4 is 10.6 Å². The number of benzene rings is 2. The van der Waals surface area contributed by atoms with Crippen LogP contribution in [0.5, 0.6) is 0 Å². The van der Waals surface area contributed by atoms with E-state index in [4.69, 9.17) is 10.00 Å². The molecule has 1 aliphatic carbocycles. The molecule has 1 saturated carbocycles. The molecule has 3 amide bonds. The van der Waals surface area contributed by atoms with E-state index in [1.165, 1.54) is 37.5 Å². The van der Waals surface area contributed by atoms with Crippen LogP contribution in [0.3, 0.4) is 0 Å². The fourth-order valence-corrected chi connectivity index (χ4v) is 5.03. The zero-order valence-corrected chi connectivity index (χ0v) is 20.3. The minimum absolute atomic E-state index is 0.0634. The summed E-state index contributed by atoms with van der Waals surface area (Å²) in [4.78, 5) is 25.0. The Balaban J connectivity index is 0.000000186. The molecule has 2 heterocycles. The molecule has 2 atom stereocenters. The third kappa shape index (κ3) is 6.41. The first-order chi connectivity index (χ1) is 17.9. The number of rotatable bonds is 3. The standard InChI is InChI=1S/C14H15F2N3O3.C13H14FN/c15-10-2-1-8(5-11(10)16)12-7-22-14(21)19(12)13(20)18-9-3-4-17-6-9;14-12-6-7-13(11(8-12)9-15)10-4-2-1-3-5-10/h1-2,5,9,12,17H,3-4,6-7H2,(H,18,20);6-8,10H,1-5H2/t9-,12-;/m1./s1. The predicted octanol–water partition coefficient (Wildman–Crippen LogP) is 5.27. The zero-order chi connectivity index (χ0) is 26.4. The summed E-state index contributed by atoms with van der Waals surface area (Å²) in [6.07, 6.45) is 6.00. The van der Waals surface area contributed by atoms with Gasteiger partial charge in [-0.2, -0.15) is 5.26 Å². The molecule has 7 nitrogen and oxygen atoms in total. The Labute approximate surface area is 213 Å². The van der Waals surface area contributed by atoms with E-state index in [-0.39, 0.29) is 18.5 Å². The first kappa shape index (κ1) is 26.5. The van der Waals surface area contributed by atoms with Crippen LogP contribution in [-0.4, -0.2) is 42.8 Å². The molecule has 2 saturated heterocycles. The zero-order valence-electron chi connectivity index (χ0n) is 20.3. The highest BCUT2D eigenvalue weighted by atomic mass is 19.2. The van der Waals surface area contributed by atoms with Gasteiger partial charge in [-0.15, -0.1) is 0 Å². The SMILES string of the molecule is N#Cc1cc(F)ccc1C1CCCCC1.O=C(N[C@@H]1CCNC1)N1C(=O)OC[C@@H]1c1ccc(F)c(F)c1. The van der Waals surface area contributed by atoms with Gasteiger partial charge >= 0.3 is 12.1 Å². The van der Waals surface area contributed by atoms with Crippen molar-refractivity contribution in [3.05, 3.63) is 70.5 Å². The van der Waals surface area contributed by atoms with Gasteiger partial charge in [0.25, 0.3) is 0 Å². The van der Waals surface area contributed by atoms with Crippen molar-refractivity contribution in [2.45, 2.75) is 56.5 Å². The normalized spacial score (nSPS) is 21.6. The number of halogens is 3. The van der Waals surface area contributed by atoms with E-state index >= 15 is 0 Å². The van der Waals surface area contributed by atoms with Crippen molar-refractivity contribution >= 4 is 12.1 Å². The molecule has 3 fully saturated rings. The molecule has 2 aromatic rings. The summed E-state index contributed by atoms with van der Waals surface area (Å²) >= 11 is 0. The second-order valence-electron chi connectivity index (χ2n) is 9.45. The van der Waals surface area contributed by atoms with E-state index in [0.717, 1.165) is 48.4 Å². The second-order valence-corrected chi connectivity index (χ2v) is 9.45. The summed E-state index contributed by atoms with van der Waals surface area (Å²) in [6, 6.07) is 8.54. The summed E-state index contributed by atoms with van der Waals surface area (Å²) in [5, 5.41) is 14.8. The molecule has 37 heavy (non-hydrogen) atoms. The highest BCUT2D eigenvalue weighted by Crippen LogP contribution is 2.34. The molecule has 0 aromatic heterocycles. The number of nitrogens with one attached hydrogen (secondary N) is 2. The van der Waals surface area contributed by atoms with Crippen LogP contribution in [0, 0.1) is 28.8 Å². The van der Waals surface area contributed by atoms with Crippen molar-refractivity contribution < 1.29 is 27.5 Å². The van der Waals surface area contributed by atoms with Crippen molar-refractivity contribution in [1.29, 1.82) is 5.26 Å². The number of imide groups is 1. The molecule has 2 N–H and O–H groups in total. The van der Waals surface area contributed by atoms with Gasteiger partial charge in [0.1, 0.15) is 18.5 Å². The fraction of sp³-hybridized carbons (Fsp3) is 0.444. The molecule has 0 spiro atoms. The molecule has 10 heteroatoms. The van der Waals surface area contributed by atoms with Crippen LogP contribution in [0.4, 0.5) is 22.8 Å². The van der Waals surface area contributed by atoms with Crippen LogP contribution in [0.1, 0.15) is 67.2 Å². The number of carbonyl (C=O) groups excluding carboxylic acids is 2. The quantitative estimate of drug-likeness (QED) is 0.582. The topological polar surface area (TPSA) is 94.5 Å². The molecule has 2 aromatic carbocycles. The number of cyclic esters (lactones) is 1. The minimum atomic E-state index is -1.03. The largest absolute Gasteiger partial charge is 0.446 e. The lowest BCUT2D eigenvalue weighted by Crippen LogP contribution is -2.46. The number of hydrogen-bond acceptors (Lipinski definition) is 5. The van der Waals surface area contributed by atoms with E-state index < -0.39 is 29.8 Å². The van der Waals surface area contributed by atoms with Crippen molar-refractivity contribution in [1.82, 2.24) is 15.5 Å². The van der Waals surface area contributed by atoms with Crippen LogP contribution in [0.15, 0.2) is 36.4 Å². The molecule has 0 unspecified atom stereocenters. The smallest absolute Gasteiger partial charge is 0.418 e. The minimum Gasteiger partial charge on any atom is -0.446 e. The summed E-state index contributed by atoms with van der Waals surface area (Å²) in [5.41, 5.74) is 1.87. The Morgan fingerprint density at radius 2 is 1.84 bits per heavy atom. The highest BCUT2D eigenvalue weighted by molar-refractivity contribution is 5.92. The number of urea groups is 1. The Hall–Kier alpha value is -3.58. The number of ether oxygens (including phenoxy) is 1. The van der Waals surface area contributed by atoms with E-state index in [1.807, 2.05) is 0 Å². The van der Waals surface area contributed by atoms with Gasteiger partial charge in [-0.1, -0.05) is 31.4 Å². The third-order valence-corrected chi connectivity index (χ3v) is 6.99. The summed E-state index contributed by atoms with van der Waals surface area (Å²) in [7, 11) is 0. The van der Waals surface area contributed by atoms with Gasteiger partial charge in [-0.25, -0.2) is 27.7 Å². The van der Waals surface area contributed by atoms with E-state index in [2.05, 4.69) is 16.7 Å². The molecular formula is C27H29F3N4O3. The maximum absolute atomic E-state index is 13.4. The number of nitriles is 1. The molecule has 0 radical (unpaired) electrons. The van der Waals surface area contributed by atoms with Gasteiger partial charge in [0, 0.05) is 12.6 Å². The summed E-state index contributed by atoms with van der Waals surface area (Å²) < 4.78 is 44.2. The molecule has 0 bridgehead atoms. The van der Waals surface area contributed by atoms with Gasteiger partial charge in [0.2, 0.25) is 0 Å². The van der Waals surface area contributed by atoms with Crippen LogP contribution >= 0.6 is 0 Å². The van der Waals surface area contributed by atoms with Crippen molar-refractivity contribution in [3.63, 3.8) is 0 Å². The van der Waals surface area contributed by atoms with Gasteiger partial charge in [-0.05, 0) is 67.1 Å². The number of carbonyl (C=O) groups is 2. The first-order valence-electron chi connectivity index (χ1n) is 12.5. The Kier molecular flexibility index (Phi) is 8.66. The highest BCUT2D eigenvalue weighted by Gasteiger charge is 2.40. The van der Waals surface area contributed by atoms with Gasteiger partial charge in [0.15, 0.2) is 11.6 Å². The maximum Gasteiger partial charge on any atom is 0.418 e. The first-order valence-corrected chi connectivity index (χ1v) is 12.5. The maximum atomic E-state index is 13.4. The Bertz CT molecular complexity index is 1170. The third-order valence-electron chi connectivity index (χ3n) is 6.99. The van der Waals surface area contributed by atoms with E-state index in [1.54, 1.807) is 6.07 Å². The predicted molar refractivity (Wildman–Crippen MR) is 129 cm³/mol.